The van der Waals surface area contributed by atoms with Gasteiger partial charge < -0.3 is 14.1 Å². The molecule has 0 atom stereocenters. The van der Waals surface area contributed by atoms with Gasteiger partial charge in [0.1, 0.15) is 17.8 Å². The van der Waals surface area contributed by atoms with E-state index in [9.17, 15) is 19.2 Å². The second kappa shape index (κ2) is 10.2. The van der Waals surface area contributed by atoms with Crippen molar-refractivity contribution in [2.24, 2.45) is 0 Å². The van der Waals surface area contributed by atoms with Gasteiger partial charge in [-0.1, -0.05) is 43.3 Å². The minimum Gasteiger partial charge on any atom is -0.457 e. The highest BCUT2D eigenvalue weighted by molar-refractivity contribution is 6.42. The van der Waals surface area contributed by atoms with Crippen molar-refractivity contribution in [1.29, 1.82) is 0 Å². The van der Waals surface area contributed by atoms with Crippen molar-refractivity contribution in [2.75, 3.05) is 16.3 Å². The summed E-state index contributed by atoms with van der Waals surface area (Å²) in [5.74, 6) is 0.160. The molecule has 0 unspecified atom stereocenters. The Morgan fingerprint density at radius 1 is 0.838 bits per heavy atom. The van der Waals surface area contributed by atoms with Crippen molar-refractivity contribution in [3.05, 3.63) is 83.3 Å². The van der Waals surface area contributed by atoms with Crippen LogP contribution < -0.4 is 9.80 Å². The second-order valence-electron chi connectivity index (χ2n) is 8.94. The Bertz CT molecular complexity index is 1460. The lowest BCUT2D eigenvalue weighted by Gasteiger charge is -2.16. The van der Waals surface area contributed by atoms with Crippen molar-refractivity contribution in [2.45, 2.75) is 32.6 Å². The van der Waals surface area contributed by atoms with E-state index in [-0.39, 0.29) is 24.1 Å². The second-order valence-corrected chi connectivity index (χ2v) is 8.94. The van der Waals surface area contributed by atoms with Gasteiger partial charge in [0.15, 0.2) is 0 Å². The predicted octanol–water partition coefficient (Wildman–Crippen LogP) is 5.36. The molecule has 37 heavy (non-hydrogen) atoms. The molecule has 2 aromatic carbocycles. The largest absolute Gasteiger partial charge is 0.457 e. The van der Waals surface area contributed by atoms with Crippen LogP contribution >= 0.6 is 0 Å². The number of aldehydes is 1. The van der Waals surface area contributed by atoms with Crippen molar-refractivity contribution < 1.29 is 23.6 Å². The van der Waals surface area contributed by atoms with Gasteiger partial charge in [-0.3, -0.25) is 14.4 Å². The average Bonchev–Trinajstić information content (AvgIpc) is 3.54. The van der Waals surface area contributed by atoms with Crippen LogP contribution in [0, 0.1) is 0 Å². The summed E-state index contributed by atoms with van der Waals surface area (Å²) in [5.41, 5.74) is 3.77. The lowest BCUT2D eigenvalue weighted by atomic mass is 10.1. The first-order valence-electron chi connectivity index (χ1n) is 12.4. The number of furan rings is 1. The summed E-state index contributed by atoms with van der Waals surface area (Å²) in [6.45, 7) is 2.36. The number of benzene rings is 2. The van der Waals surface area contributed by atoms with E-state index in [0.29, 0.717) is 59.7 Å². The lowest BCUT2D eigenvalue weighted by molar-refractivity contribution is -0.123. The van der Waals surface area contributed by atoms with Crippen LogP contribution in [0.25, 0.3) is 23.3 Å². The molecule has 0 bridgehead atoms. The maximum Gasteiger partial charge on any atom is 0.265 e. The molecule has 0 N–H and O–H groups in total. The molecule has 0 radical (unpaired) electrons. The fraction of sp³-hybridized carbons (Fsp3) is 0.200. The molecule has 5 rings (SSSR count). The van der Waals surface area contributed by atoms with E-state index in [1.54, 1.807) is 41.3 Å². The van der Waals surface area contributed by atoms with Gasteiger partial charge in [0.05, 0.1) is 22.5 Å². The summed E-state index contributed by atoms with van der Waals surface area (Å²) < 4.78 is 5.99. The van der Waals surface area contributed by atoms with Crippen LogP contribution in [-0.2, 0) is 19.2 Å². The maximum absolute atomic E-state index is 13.2. The molecule has 186 valence electrons. The average molecular weight is 495 g/mol. The first-order valence-corrected chi connectivity index (χ1v) is 12.4. The van der Waals surface area contributed by atoms with Crippen molar-refractivity contribution in [3.63, 3.8) is 0 Å². The molecular weight excluding hydrogens is 468 g/mol. The van der Waals surface area contributed by atoms with Crippen molar-refractivity contribution in [1.82, 2.24) is 0 Å². The Kier molecular flexibility index (Phi) is 6.68. The predicted molar refractivity (Wildman–Crippen MR) is 142 cm³/mol. The maximum atomic E-state index is 13.2. The van der Waals surface area contributed by atoms with E-state index >= 15 is 0 Å². The van der Waals surface area contributed by atoms with E-state index in [2.05, 4.69) is 0 Å². The molecule has 3 aromatic rings. The zero-order chi connectivity index (χ0) is 25.9. The number of para-hydroxylation sites is 2. The van der Waals surface area contributed by atoms with Crippen LogP contribution in [0.2, 0.25) is 0 Å². The van der Waals surface area contributed by atoms with Gasteiger partial charge in [0.25, 0.3) is 11.8 Å². The molecule has 2 aliphatic heterocycles. The standard InChI is InChI=1S/C30H26N2O5/c1-2-9-28(34)32-27-13-6-4-11-23(27)25(30(32)36)19-21-15-14-20(37-21)18-24-22-10-3-5-12-26(22)31(29(24)35)16-7-8-17-33/h3-6,10-15,17-19H,2,7-9,16H2,1H3. The Morgan fingerprint density at radius 3 is 2.08 bits per heavy atom. The molecule has 0 saturated heterocycles. The zero-order valence-electron chi connectivity index (χ0n) is 20.5. The van der Waals surface area contributed by atoms with Crippen LogP contribution in [0.3, 0.4) is 0 Å². The molecule has 0 saturated carbocycles. The van der Waals surface area contributed by atoms with E-state index in [1.165, 1.54) is 4.90 Å². The monoisotopic (exact) mass is 494 g/mol. The fourth-order valence-corrected chi connectivity index (χ4v) is 4.76. The van der Waals surface area contributed by atoms with Crippen molar-refractivity contribution in [3.8, 4) is 0 Å². The SMILES string of the molecule is CCCC(=O)N1C(=O)C(=Cc2ccc(C=C3C(=O)N(CCCC=O)c4ccccc43)o2)c2ccccc21. The quantitative estimate of drug-likeness (QED) is 0.239. The Labute approximate surface area is 214 Å². The molecular formula is C30H26N2O5. The molecule has 2 aliphatic rings. The number of fused-ring (bicyclic) bond motifs is 2. The third-order valence-corrected chi connectivity index (χ3v) is 6.47. The summed E-state index contributed by atoms with van der Waals surface area (Å²) in [5, 5.41) is 0. The topological polar surface area (TPSA) is 87.9 Å². The summed E-state index contributed by atoms with van der Waals surface area (Å²) >= 11 is 0. The number of carbonyl (C=O) groups excluding carboxylic acids is 4. The summed E-state index contributed by atoms with van der Waals surface area (Å²) in [6, 6.07) is 18.2. The van der Waals surface area contributed by atoms with Crippen LogP contribution in [0.15, 0.2) is 65.1 Å². The van der Waals surface area contributed by atoms with E-state index < -0.39 is 0 Å². The van der Waals surface area contributed by atoms with Crippen LogP contribution in [0.1, 0.15) is 55.3 Å². The molecule has 1 aromatic heterocycles. The number of carbonyl (C=O) groups is 4. The first kappa shape index (κ1) is 24.2. The van der Waals surface area contributed by atoms with Crippen LogP contribution in [0.5, 0.6) is 0 Å². The van der Waals surface area contributed by atoms with E-state index in [0.717, 1.165) is 17.5 Å². The van der Waals surface area contributed by atoms with Gasteiger partial charge in [0, 0.05) is 30.5 Å². The van der Waals surface area contributed by atoms with Gasteiger partial charge in [-0.05, 0) is 49.3 Å². The molecule has 0 spiro atoms. The highest BCUT2D eigenvalue weighted by atomic mass is 16.3. The Balaban J connectivity index is 1.45. The number of nitrogens with zero attached hydrogens (tertiary/aromatic N) is 2. The molecule has 3 amide bonds. The summed E-state index contributed by atoms with van der Waals surface area (Å²) in [6.07, 6.45) is 6.11. The number of amides is 3. The third kappa shape index (κ3) is 4.44. The summed E-state index contributed by atoms with van der Waals surface area (Å²) in [4.78, 5) is 52.7. The number of anilines is 2. The van der Waals surface area contributed by atoms with E-state index in [4.69, 9.17) is 4.42 Å². The smallest absolute Gasteiger partial charge is 0.265 e. The summed E-state index contributed by atoms with van der Waals surface area (Å²) in [7, 11) is 0. The highest BCUT2D eigenvalue weighted by Gasteiger charge is 2.36. The molecule has 7 heteroatoms. The number of hydrogen-bond donors (Lipinski definition) is 0. The molecule has 0 fully saturated rings. The van der Waals surface area contributed by atoms with Crippen LogP contribution in [0.4, 0.5) is 11.4 Å². The first-order chi connectivity index (χ1) is 18.0. The molecule has 0 aliphatic carbocycles. The fourth-order valence-electron chi connectivity index (χ4n) is 4.76. The Hall–Kier alpha value is -4.52. The number of hydrogen-bond acceptors (Lipinski definition) is 5. The lowest BCUT2D eigenvalue weighted by Crippen LogP contribution is -2.33. The van der Waals surface area contributed by atoms with Gasteiger partial charge in [-0.2, -0.15) is 0 Å². The van der Waals surface area contributed by atoms with Gasteiger partial charge in [0.2, 0.25) is 5.91 Å². The number of imide groups is 1. The van der Waals surface area contributed by atoms with Crippen molar-refractivity contribution >= 4 is 58.7 Å². The Morgan fingerprint density at radius 2 is 1.43 bits per heavy atom. The third-order valence-electron chi connectivity index (χ3n) is 6.47. The minimum absolute atomic E-state index is 0.145. The normalized spacial score (nSPS) is 16.6. The van der Waals surface area contributed by atoms with Gasteiger partial charge in [-0.25, -0.2) is 4.90 Å². The molecule has 7 nitrogen and oxygen atoms in total. The van der Waals surface area contributed by atoms with E-state index in [1.807, 2.05) is 43.3 Å². The number of unbranched alkanes of at least 4 members (excludes halogenated alkanes) is 1. The number of rotatable bonds is 8. The van der Waals surface area contributed by atoms with Gasteiger partial charge >= 0.3 is 0 Å². The van der Waals surface area contributed by atoms with Crippen LogP contribution in [-0.4, -0.2) is 30.6 Å². The van der Waals surface area contributed by atoms with Gasteiger partial charge in [-0.15, -0.1) is 0 Å². The molecule has 3 heterocycles. The zero-order valence-corrected chi connectivity index (χ0v) is 20.5. The minimum atomic E-state index is -0.373. The highest BCUT2D eigenvalue weighted by Crippen LogP contribution is 2.40.